The highest BCUT2D eigenvalue weighted by Gasteiger charge is 2.34. The van der Waals surface area contributed by atoms with Crippen molar-refractivity contribution >= 4 is 28.7 Å². The lowest BCUT2D eigenvalue weighted by atomic mass is 10.1. The van der Waals surface area contributed by atoms with Gasteiger partial charge in [0.2, 0.25) is 0 Å². The lowest BCUT2D eigenvalue weighted by Crippen LogP contribution is -2.38. The first kappa shape index (κ1) is 21.6. The summed E-state index contributed by atoms with van der Waals surface area (Å²) in [6.07, 6.45) is 4.49. The Kier molecular flexibility index (Phi) is 6.84. The van der Waals surface area contributed by atoms with Crippen molar-refractivity contribution < 1.29 is 9.59 Å². The standard InChI is InChI=1S/C25H29N5O2/c1-2-26-25(28-15-13-18-17-29-22-12-6-5-9-19(18)22)27-14-7-8-16-30-23(31)20-10-3-4-11-21(20)24(30)32/h3-6,9-12,17,29H,2,7-8,13-16H2,1H3,(H2,26,27,28). The van der Waals surface area contributed by atoms with Gasteiger partial charge in [0.15, 0.2) is 5.96 Å². The number of carbonyl (C=O) groups is 2. The molecule has 7 heteroatoms. The van der Waals surface area contributed by atoms with E-state index in [1.54, 1.807) is 24.3 Å². The second kappa shape index (κ2) is 10.1. The monoisotopic (exact) mass is 431 g/mol. The quantitative estimate of drug-likeness (QED) is 0.210. The van der Waals surface area contributed by atoms with Crippen LogP contribution in [0.2, 0.25) is 0 Å². The van der Waals surface area contributed by atoms with Crippen LogP contribution in [0, 0.1) is 0 Å². The van der Waals surface area contributed by atoms with E-state index in [0.717, 1.165) is 43.8 Å². The number of carbonyl (C=O) groups excluding carboxylic acids is 2. The summed E-state index contributed by atoms with van der Waals surface area (Å²) in [6.45, 7) is 4.66. The van der Waals surface area contributed by atoms with E-state index in [-0.39, 0.29) is 11.8 Å². The Balaban J connectivity index is 1.22. The Labute approximate surface area is 187 Å². The molecule has 32 heavy (non-hydrogen) atoms. The fourth-order valence-electron chi connectivity index (χ4n) is 4.01. The summed E-state index contributed by atoms with van der Waals surface area (Å²) >= 11 is 0. The molecule has 0 spiro atoms. The third-order valence-electron chi connectivity index (χ3n) is 5.64. The molecule has 1 aromatic heterocycles. The summed E-state index contributed by atoms with van der Waals surface area (Å²) < 4.78 is 0. The Morgan fingerprint density at radius 3 is 2.44 bits per heavy atom. The van der Waals surface area contributed by atoms with Crippen LogP contribution < -0.4 is 10.6 Å². The molecule has 0 atom stereocenters. The van der Waals surface area contributed by atoms with Gasteiger partial charge in [0.05, 0.1) is 11.1 Å². The number of unbranched alkanes of at least 4 members (excludes halogenated alkanes) is 1. The third-order valence-corrected chi connectivity index (χ3v) is 5.64. The summed E-state index contributed by atoms with van der Waals surface area (Å²) in [5.74, 6) is 0.399. The van der Waals surface area contributed by atoms with Gasteiger partial charge in [-0.1, -0.05) is 30.3 Å². The van der Waals surface area contributed by atoms with Gasteiger partial charge in [-0.2, -0.15) is 0 Å². The van der Waals surface area contributed by atoms with Gasteiger partial charge in [0.1, 0.15) is 0 Å². The van der Waals surface area contributed by atoms with Crippen molar-refractivity contribution in [3.8, 4) is 0 Å². The number of benzene rings is 2. The first-order valence-corrected chi connectivity index (χ1v) is 11.2. The van der Waals surface area contributed by atoms with E-state index in [0.29, 0.717) is 24.2 Å². The summed E-state index contributed by atoms with van der Waals surface area (Å²) in [4.78, 5) is 34.1. The molecule has 0 bridgehead atoms. The zero-order valence-corrected chi connectivity index (χ0v) is 18.4. The third kappa shape index (κ3) is 4.66. The number of H-pyrrole nitrogens is 1. The van der Waals surface area contributed by atoms with Gasteiger partial charge in [-0.15, -0.1) is 0 Å². The molecular weight excluding hydrogens is 402 g/mol. The molecule has 1 aliphatic rings. The van der Waals surface area contributed by atoms with E-state index < -0.39 is 0 Å². The van der Waals surface area contributed by atoms with Gasteiger partial charge >= 0.3 is 0 Å². The van der Waals surface area contributed by atoms with Crippen molar-refractivity contribution in [2.45, 2.75) is 26.2 Å². The van der Waals surface area contributed by atoms with E-state index in [1.807, 2.05) is 13.0 Å². The van der Waals surface area contributed by atoms with Crippen molar-refractivity contribution in [3.63, 3.8) is 0 Å². The number of nitrogens with one attached hydrogen (secondary N) is 3. The van der Waals surface area contributed by atoms with E-state index in [1.165, 1.54) is 15.8 Å². The molecule has 0 unspecified atom stereocenters. The number of hydrogen-bond donors (Lipinski definition) is 3. The highest BCUT2D eigenvalue weighted by Crippen LogP contribution is 2.22. The molecule has 0 saturated carbocycles. The van der Waals surface area contributed by atoms with Crippen molar-refractivity contribution in [2.24, 2.45) is 4.99 Å². The summed E-state index contributed by atoms with van der Waals surface area (Å²) in [5, 5.41) is 7.91. The molecule has 166 valence electrons. The van der Waals surface area contributed by atoms with E-state index in [4.69, 9.17) is 0 Å². The van der Waals surface area contributed by atoms with Gasteiger partial charge in [0, 0.05) is 43.3 Å². The second-order valence-electron chi connectivity index (χ2n) is 7.81. The minimum atomic E-state index is -0.193. The number of aliphatic imine (C=N–C) groups is 1. The van der Waals surface area contributed by atoms with Crippen LogP contribution in [0.3, 0.4) is 0 Å². The van der Waals surface area contributed by atoms with Crippen LogP contribution in [0.5, 0.6) is 0 Å². The summed E-state index contributed by atoms with van der Waals surface area (Å²) in [7, 11) is 0. The largest absolute Gasteiger partial charge is 0.361 e. The number of rotatable bonds is 9. The molecule has 4 rings (SSSR count). The molecule has 0 aliphatic carbocycles. The maximum atomic E-state index is 12.4. The smallest absolute Gasteiger partial charge is 0.261 e. The molecule has 2 heterocycles. The Morgan fingerprint density at radius 2 is 1.69 bits per heavy atom. The van der Waals surface area contributed by atoms with Gasteiger partial charge in [-0.3, -0.25) is 19.5 Å². The molecule has 1 aliphatic heterocycles. The first-order chi connectivity index (χ1) is 15.7. The minimum Gasteiger partial charge on any atom is -0.361 e. The molecule has 0 saturated heterocycles. The molecule has 2 aromatic carbocycles. The summed E-state index contributed by atoms with van der Waals surface area (Å²) in [5.41, 5.74) is 3.44. The van der Waals surface area contributed by atoms with Crippen LogP contribution in [0.1, 0.15) is 46.0 Å². The Morgan fingerprint density at radius 1 is 0.969 bits per heavy atom. The number of aromatic nitrogens is 1. The van der Waals surface area contributed by atoms with Crippen LogP contribution in [0.15, 0.2) is 59.7 Å². The normalized spacial score (nSPS) is 13.7. The highest BCUT2D eigenvalue weighted by molar-refractivity contribution is 6.21. The van der Waals surface area contributed by atoms with Crippen LogP contribution in [0.25, 0.3) is 10.9 Å². The zero-order chi connectivity index (χ0) is 22.3. The lowest BCUT2D eigenvalue weighted by molar-refractivity contribution is 0.0652. The molecule has 3 aromatic rings. The molecule has 7 nitrogen and oxygen atoms in total. The van der Waals surface area contributed by atoms with E-state index >= 15 is 0 Å². The summed E-state index contributed by atoms with van der Waals surface area (Å²) in [6, 6.07) is 15.3. The number of fused-ring (bicyclic) bond motifs is 2. The van der Waals surface area contributed by atoms with Gasteiger partial charge in [-0.05, 0) is 49.9 Å². The fraction of sp³-hybridized carbons (Fsp3) is 0.320. The number of amides is 2. The maximum Gasteiger partial charge on any atom is 0.261 e. The van der Waals surface area contributed by atoms with Gasteiger partial charge in [0.25, 0.3) is 11.8 Å². The predicted octanol–water partition coefficient (Wildman–Crippen LogP) is 3.34. The van der Waals surface area contributed by atoms with Crippen molar-refractivity contribution in [3.05, 3.63) is 71.4 Å². The molecular formula is C25H29N5O2. The number of para-hydroxylation sites is 1. The zero-order valence-electron chi connectivity index (χ0n) is 18.4. The van der Waals surface area contributed by atoms with Crippen LogP contribution in [-0.4, -0.2) is 53.8 Å². The Bertz CT molecular complexity index is 1100. The average Bonchev–Trinajstić information content (AvgIpc) is 3.33. The molecule has 2 amide bonds. The molecule has 0 fully saturated rings. The maximum absolute atomic E-state index is 12.4. The van der Waals surface area contributed by atoms with Crippen molar-refractivity contribution in [2.75, 3.05) is 26.2 Å². The number of aromatic amines is 1. The number of nitrogens with zero attached hydrogens (tertiary/aromatic N) is 2. The molecule has 3 N–H and O–H groups in total. The second-order valence-corrected chi connectivity index (χ2v) is 7.81. The lowest BCUT2D eigenvalue weighted by Gasteiger charge is -2.13. The van der Waals surface area contributed by atoms with Gasteiger partial charge in [-0.25, -0.2) is 0 Å². The van der Waals surface area contributed by atoms with Crippen molar-refractivity contribution in [1.82, 2.24) is 20.5 Å². The number of hydrogen-bond acceptors (Lipinski definition) is 3. The average molecular weight is 432 g/mol. The SMILES string of the molecule is CCNC(=NCCCCN1C(=O)c2ccccc2C1=O)NCCc1c[nH]c2ccccc12. The van der Waals surface area contributed by atoms with Crippen LogP contribution in [0.4, 0.5) is 0 Å². The minimum absolute atomic E-state index is 0.193. The van der Waals surface area contributed by atoms with Crippen LogP contribution >= 0.6 is 0 Å². The number of imide groups is 1. The first-order valence-electron chi connectivity index (χ1n) is 11.2. The number of guanidine groups is 1. The highest BCUT2D eigenvalue weighted by atomic mass is 16.2. The topological polar surface area (TPSA) is 89.6 Å². The van der Waals surface area contributed by atoms with E-state index in [9.17, 15) is 9.59 Å². The fourth-order valence-corrected chi connectivity index (χ4v) is 4.01. The Hall–Kier alpha value is -3.61. The van der Waals surface area contributed by atoms with Crippen LogP contribution in [-0.2, 0) is 6.42 Å². The molecule has 0 radical (unpaired) electrons. The van der Waals surface area contributed by atoms with E-state index in [2.05, 4.69) is 45.0 Å². The van der Waals surface area contributed by atoms with Crippen molar-refractivity contribution in [1.29, 1.82) is 0 Å². The van der Waals surface area contributed by atoms with Gasteiger partial charge < -0.3 is 15.6 Å². The predicted molar refractivity (Wildman–Crippen MR) is 127 cm³/mol.